The van der Waals surface area contributed by atoms with Crippen LogP contribution in [0.2, 0.25) is 0 Å². The van der Waals surface area contributed by atoms with E-state index in [0.717, 1.165) is 0 Å². The van der Waals surface area contributed by atoms with Gasteiger partial charge in [0.1, 0.15) is 0 Å². The average Bonchev–Trinajstić information content (AvgIpc) is 2.12. The highest BCUT2D eigenvalue weighted by Crippen LogP contribution is 2.21. The minimum Gasteiger partial charge on any atom is -0.215 e. The van der Waals surface area contributed by atoms with Gasteiger partial charge in [-0.05, 0) is 38.7 Å². The van der Waals surface area contributed by atoms with E-state index < -0.39 is 0 Å². The lowest BCUT2D eigenvalue weighted by Gasteiger charge is -2.13. The van der Waals surface area contributed by atoms with Crippen LogP contribution >= 0.6 is 0 Å². The lowest BCUT2D eigenvalue weighted by atomic mass is 9.91. The molecule has 0 aromatic carbocycles. The Balaban J connectivity index is 2.54. The molecule has 64 valence electrons. The van der Waals surface area contributed by atoms with Gasteiger partial charge in [0.15, 0.2) is 11.9 Å². The molecule has 0 spiro atoms. The molecular formula is C11H16N+. The van der Waals surface area contributed by atoms with Gasteiger partial charge in [-0.15, -0.1) is 0 Å². The third-order valence-electron chi connectivity index (χ3n) is 2.97. The molecule has 0 saturated carbocycles. The van der Waals surface area contributed by atoms with Crippen molar-refractivity contribution in [1.82, 2.24) is 0 Å². The standard InChI is InChI=1S/C11H15N/c1-8-7-12-11-6-4-3-5-10(11)9(8)2/h7H,3-6H2,1-2H3/p+1. The minimum absolute atomic E-state index is 1.25. The van der Waals surface area contributed by atoms with E-state index in [0.29, 0.717) is 0 Å². The zero-order valence-electron chi connectivity index (χ0n) is 7.91. The van der Waals surface area contributed by atoms with E-state index in [1.165, 1.54) is 42.5 Å². The van der Waals surface area contributed by atoms with Crippen molar-refractivity contribution in [1.29, 1.82) is 0 Å². The van der Waals surface area contributed by atoms with Crippen molar-refractivity contribution in [3.05, 3.63) is 28.6 Å². The van der Waals surface area contributed by atoms with Crippen LogP contribution in [0.3, 0.4) is 0 Å². The van der Waals surface area contributed by atoms with E-state index >= 15 is 0 Å². The summed E-state index contributed by atoms with van der Waals surface area (Å²) in [6, 6.07) is 0. The third-order valence-corrected chi connectivity index (χ3v) is 2.97. The zero-order chi connectivity index (χ0) is 8.55. The maximum atomic E-state index is 3.40. The summed E-state index contributed by atoms with van der Waals surface area (Å²) in [6.45, 7) is 4.42. The molecule has 1 aliphatic carbocycles. The molecule has 1 N–H and O–H groups in total. The van der Waals surface area contributed by atoms with Crippen LogP contribution in [0.4, 0.5) is 0 Å². The number of pyridine rings is 1. The maximum absolute atomic E-state index is 3.40. The third kappa shape index (κ3) is 1.13. The van der Waals surface area contributed by atoms with Gasteiger partial charge in [0.05, 0.1) is 0 Å². The molecule has 12 heavy (non-hydrogen) atoms. The van der Waals surface area contributed by atoms with Crippen molar-refractivity contribution in [3.63, 3.8) is 0 Å². The first-order valence-electron chi connectivity index (χ1n) is 4.78. The molecule has 1 nitrogen and oxygen atoms in total. The van der Waals surface area contributed by atoms with Crippen LogP contribution in [0.1, 0.15) is 35.2 Å². The topological polar surface area (TPSA) is 14.1 Å². The zero-order valence-corrected chi connectivity index (χ0v) is 7.91. The number of hydrogen-bond acceptors (Lipinski definition) is 0. The molecule has 1 aromatic rings. The fraction of sp³-hybridized carbons (Fsp3) is 0.545. The number of rotatable bonds is 0. The second-order valence-electron chi connectivity index (χ2n) is 3.76. The summed E-state index contributed by atoms with van der Waals surface area (Å²) in [4.78, 5) is 3.40. The predicted octanol–water partition coefficient (Wildman–Crippen LogP) is 2.00. The Hall–Kier alpha value is -0.850. The van der Waals surface area contributed by atoms with E-state index in [1.807, 2.05) is 0 Å². The van der Waals surface area contributed by atoms with Gasteiger partial charge in [-0.25, -0.2) is 4.98 Å². The monoisotopic (exact) mass is 162 g/mol. The number of aromatic amines is 1. The number of nitrogens with one attached hydrogen (secondary N) is 1. The van der Waals surface area contributed by atoms with Gasteiger partial charge in [0.2, 0.25) is 0 Å². The van der Waals surface area contributed by atoms with Crippen LogP contribution in [-0.4, -0.2) is 0 Å². The van der Waals surface area contributed by atoms with E-state index in [2.05, 4.69) is 25.0 Å². The highest BCUT2D eigenvalue weighted by molar-refractivity contribution is 5.33. The van der Waals surface area contributed by atoms with Gasteiger partial charge in [-0.3, -0.25) is 0 Å². The highest BCUT2D eigenvalue weighted by Gasteiger charge is 2.17. The van der Waals surface area contributed by atoms with E-state index in [1.54, 1.807) is 5.56 Å². The van der Waals surface area contributed by atoms with Gasteiger partial charge < -0.3 is 0 Å². The van der Waals surface area contributed by atoms with E-state index in [-0.39, 0.29) is 0 Å². The summed E-state index contributed by atoms with van der Waals surface area (Å²) in [5.74, 6) is 0. The Kier molecular flexibility index (Phi) is 1.87. The van der Waals surface area contributed by atoms with Crippen LogP contribution < -0.4 is 4.98 Å². The molecule has 0 bridgehead atoms. The molecule has 0 fully saturated rings. The van der Waals surface area contributed by atoms with Crippen molar-refractivity contribution in [2.24, 2.45) is 0 Å². The Morgan fingerprint density at radius 3 is 2.75 bits per heavy atom. The van der Waals surface area contributed by atoms with Crippen molar-refractivity contribution in [2.75, 3.05) is 0 Å². The van der Waals surface area contributed by atoms with Gasteiger partial charge in [0, 0.05) is 17.5 Å². The molecule has 1 heteroatoms. The van der Waals surface area contributed by atoms with E-state index in [9.17, 15) is 0 Å². The van der Waals surface area contributed by atoms with Crippen LogP contribution in [-0.2, 0) is 12.8 Å². The number of fused-ring (bicyclic) bond motifs is 1. The summed E-state index contributed by atoms with van der Waals surface area (Å²) in [6.07, 6.45) is 7.38. The second kappa shape index (κ2) is 2.89. The van der Waals surface area contributed by atoms with Gasteiger partial charge in [0.25, 0.3) is 0 Å². The van der Waals surface area contributed by atoms with Crippen LogP contribution in [0.25, 0.3) is 0 Å². The first-order valence-corrected chi connectivity index (χ1v) is 4.78. The van der Waals surface area contributed by atoms with Gasteiger partial charge in [-0.1, -0.05) is 0 Å². The smallest absolute Gasteiger partial charge is 0.183 e. The van der Waals surface area contributed by atoms with Crippen molar-refractivity contribution in [3.8, 4) is 0 Å². The minimum atomic E-state index is 1.25. The first-order chi connectivity index (χ1) is 5.79. The lowest BCUT2D eigenvalue weighted by Crippen LogP contribution is -2.19. The molecule has 2 rings (SSSR count). The van der Waals surface area contributed by atoms with Crippen molar-refractivity contribution < 1.29 is 4.98 Å². The van der Waals surface area contributed by atoms with Crippen molar-refractivity contribution in [2.45, 2.75) is 39.5 Å². The highest BCUT2D eigenvalue weighted by atomic mass is 14.7. The SMILES string of the molecule is Cc1c[nH+]c2c(c1C)CCCC2. The molecule has 0 radical (unpaired) electrons. The Morgan fingerprint density at radius 1 is 1.17 bits per heavy atom. The van der Waals surface area contributed by atoms with Gasteiger partial charge in [-0.2, -0.15) is 0 Å². The molecule has 0 amide bonds. The fourth-order valence-corrected chi connectivity index (χ4v) is 2.02. The molecule has 0 atom stereocenters. The second-order valence-corrected chi connectivity index (χ2v) is 3.76. The molecule has 0 saturated heterocycles. The normalized spacial score (nSPS) is 15.8. The summed E-state index contributed by atoms with van der Waals surface area (Å²) in [5.41, 5.74) is 5.96. The number of hydrogen-bond donors (Lipinski definition) is 0. The summed E-state index contributed by atoms with van der Waals surface area (Å²) >= 11 is 0. The maximum Gasteiger partial charge on any atom is 0.183 e. The largest absolute Gasteiger partial charge is 0.215 e. The number of aromatic nitrogens is 1. The average molecular weight is 162 g/mol. The van der Waals surface area contributed by atoms with Gasteiger partial charge >= 0.3 is 0 Å². The van der Waals surface area contributed by atoms with Crippen molar-refractivity contribution >= 4 is 0 Å². The Bertz CT molecular complexity index is 302. The molecule has 0 aliphatic heterocycles. The van der Waals surface area contributed by atoms with Crippen LogP contribution in [0.15, 0.2) is 6.20 Å². The molecule has 1 aliphatic rings. The Morgan fingerprint density at radius 2 is 1.92 bits per heavy atom. The molecule has 1 heterocycles. The fourth-order valence-electron chi connectivity index (χ4n) is 2.02. The molecule has 0 unspecified atom stereocenters. The first kappa shape index (κ1) is 7.78. The van der Waals surface area contributed by atoms with E-state index in [4.69, 9.17) is 0 Å². The number of aryl methyl sites for hydroxylation is 2. The molecule has 1 aromatic heterocycles. The van der Waals surface area contributed by atoms with Crippen LogP contribution in [0.5, 0.6) is 0 Å². The summed E-state index contributed by atoms with van der Waals surface area (Å²) < 4.78 is 0. The molecular weight excluding hydrogens is 146 g/mol. The lowest BCUT2D eigenvalue weighted by molar-refractivity contribution is -0.392. The number of H-pyrrole nitrogens is 1. The summed E-state index contributed by atoms with van der Waals surface area (Å²) in [5, 5.41) is 0. The predicted molar refractivity (Wildman–Crippen MR) is 49.1 cm³/mol. The summed E-state index contributed by atoms with van der Waals surface area (Å²) in [7, 11) is 0. The van der Waals surface area contributed by atoms with Crippen LogP contribution in [0, 0.1) is 13.8 Å². The quantitative estimate of drug-likeness (QED) is 0.554. The Labute approximate surface area is 73.8 Å².